The number of aromatic nitrogens is 1. The Labute approximate surface area is 128 Å². The molecular weight excluding hydrogens is 308 g/mol. The van der Waals surface area contributed by atoms with E-state index in [-0.39, 0.29) is 4.90 Å². The van der Waals surface area contributed by atoms with Crippen molar-refractivity contribution in [3.05, 3.63) is 34.3 Å². The Hall–Kier alpha value is -1.64. The van der Waals surface area contributed by atoms with Crippen molar-refractivity contribution in [1.29, 1.82) is 0 Å². The minimum absolute atomic E-state index is 0.208. The van der Waals surface area contributed by atoms with Crippen molar-refractivity contribution in [2.75, 3.05) is 25.1 Å². The van der Waals surface area contributed by atoms with Crippen molar-refractivity contribution in [1.82, 2.24) is 9.29 Å². The highest BCUT2D eigenvalue weighted by molar-refractivity contribution is 7.89. The first kappa shape index (κ1) is 15.7. The van der Waals surface area contributed by atoms with Gasteiger partial charge in [-0.1, -0.05) is 0 Å². The number of nitrogens with two attached hydrogens (primary N) is 1. The molecular formula is C13H18N4O2S2. The number of nitrogens with zero attached hydrogens (tertiary/aromatic N) is 2. The van der Waals surface area contributed by atoms with Crippen LogP contribution in [0, 0.1) is 6.92 Å². The average molecular weight is 326 g/mol. The molecule has 0 bridgehead atoms. The van der Waals surface area contributed by atoms with Gasteiger partial charge in [0.15, 0.2) is 0 Å². The van der Waals surface area contributed by atoms with Gasteiger partial charge in [0.05, 0.1) is 22.8 Å². The van der Waals surface area contributed by atoms with E-state index in [4.69, 9.17) is 5.73 Å². The number of hydrogen-bond acceptors (Lipinski definition) is 6. The third-order valence-corrected chi connectivity index (χ3v) is 5.68. The first-order valence-corrected chi connectivity index (χ1v) is 8.59. The predicted octanol–water partition coefficient (Wildman–Crippen LogP) is 1.90. The molecule has 0 radical (unpaired) electrons. The van der Waals surface area contributed by atoms with Crippen molar-refractivity contribution in [2.45, 2.75) is 18.4 Å². The number of hydrogen-bond donors (Lipinski definition) is 2. The molecule has 0 aliphatic carbocycles. The number of benzene rings is 1. The summed E-state index contributed by atoms with van der Waals surface area (Å²) in [4.78, 5) is 4.55. The molecule has 1 heterocycles. The zero-order valence-corrected chi connectivity index (χ0v) is 13.8. The fraction of sp³-hybridized carbons (Fsp3) is 0.308. The van der Waals surface area contributed by atoms with E-state index in [1.54, 1.807) is 23.5 Å². The fourth-order valence-corrected chi connectivity index (χ4v) is 3.35. The Balaban J connectivity index is 2.24. The van der Waals surface area contributed by atoms with E-state index in [9.17, 15) is 8.42 Å². The van der Waals surface area contributed by atoms with Gasteiger partial charge in [-0.25, -0.2) is 17.7 Å². The summed E-state index contributed by atoms with van der Waals surface area (Å²) >= 11 is 1.55. The first-order chi connectivity index (χ1) is 9.80. The summed E-state index contributed by atoms with van der Waals surface area (Å²) in [6, 6.07) is 4.64. The number of sulfonamides is 1. The van der Waals surface area contributed by atoms with E-state index < -0.39 is 10.0 Å². The van der Waals surface area contributed by atoms with Gasteiger partial charge in [-0.2, -0.15) is 0 Å². The molecule has 0 saturated heterocycles. The number of aryl methyl sites for hydroxylation is 1. The third kappa shape index (κ3) is 3.52. The molecule has 1 aromatic carbocycles. The van der Waals surface area contributed by atoms with Gasteiger partial charge in [0, 0.05) is 25.2 Å². The van der Waals surface area contributed by atoms with E-state index >= 15 is 0 Å². The van der Waals surface area contributed by atoms with Crippen LogP contribution in [0.3, 0.4) is 0 Å². The van der Waals surface area contributed by atoms with Crippen LogP contribution in [0.15, 0.2) is 28.5 Å². The Bertz CT molecular complexity index is 738. The van der Waals surface area contributed by atoms with Crippen LogP contribution in [0.1, 0.15) is 10.7 Å². The van der Waals surface area contributed by atoms with E-state index in [1.165, 1.54) is 24.5 Å². The summed E-state index contributed by atoms with van der Waals surface area (Å²) in [7, 11) is -0.476. The summed E-state index contributed by atoms with van der Waals surface area (Å²) in [5, 5.41) is 6.02. The Morgan fingerprint density at radius 3 is 2.67 bits per heavy atom. The van der Waals surface area contributed by atoms with Crippen LogP contribution >= 0.6 is 11.3 Å². The molecule has 0 aliphatic heterocycles. The van der Waals surface area contributed by atoms with Crippen LogP contribution < -0.4 is 11.1 Å². The van der Waals surface area contributed by atoms with E-state index in [0.717, 1.165) is 10.7 Å². The number of nitrogens with one attached hydrogen (secondary N) is 1. The van der Waals surface area contributed by atoms with E-state index in [1.807, 2.05) is 12.3 Å². The molecule has 2 rings (SSSR count). The summed E-state index contributed by atoms with van der Waals surface area (Å²) in [5.41, 5.74) is 7.95. The molecule has 2 aromatic rings. The van der Waals surface area contributed by atoms with Crippen LogP contribution in [0.25, 0.3) is 0 Å². The lowest BCUT2D eigenvalue weighted by Gasteiger charge is -2.14. The SMILES string of the molecule is Cc1csc(CNc2cc(S(=O)(=O)N(C)C)ccc2N)n1. The summed E-state index contributed by atoms with van der Waals surface area (Å²) < 4.78 is 25.4. The zero-order chi connectivity index (χ0) is 15.6. The Morgan fingerprint density at radius 2 is 2.10 bits per heavy atom. The molecule has 1 aromatic heterocycles. The molecule has 6 nitrogen and oxygen atoms in total. The molecule has 21 heavy (non-hydrogen) atoms. The molecule has 114 valence electrons. The van der Waals surface area contributed by atoms with Gasteiger partial charge in [-0.15, -0.1) is 11.3 Å². The second-order valence-electron chi connectivity index (χ2n) is 4.77. The van der Waals surface area contributed by atoms with Gasteiger partial charge in [-0.05, 0) is 25.1 Å². The highest BCUT2D eigenvalue weighted by Crippen LogP contribution is 2.25. The maximum absolute atomic E-state index is 12.1. The topological polar surface area (TPSA) is 88.3 Å². The molecule has 0 fully saturated rings. The molecule has 8 heteroatoms. The number of rotatable bonds is 5. The van der Waals surface area contributed by atoms with Crippen molar-refractivity contribution in [3.8, 4) is 0 Å². The standard InChI is InChI=1S/C13H18N4O2S2/c1-9-8-20-13(16-9)7-15-12-6-10(4-5-11(12)14)21(18,19)17(2)3/h4-6,8,15H,7,14H2,1-3H3. The van der Waals surface area contributed by atoms with Gasteiger partial charge < -0.3 is 11.1 Å². The maximum Gasteiger partial charge on any atom is 0.242 e. The minimum atomic E-state index is -3.47. The molecule has 0 amide bonds. The minimum Gasteiger partial charge on any atom is -0.397 e. The van der Waals surface area contributed by atoms with Crippen molar-refractivity contribution in [3.63, 3.8) is 0 Å². The largest absolute Gasteiger partial charge is 0.397 e. The molecule has 0 aliphatic rings. The fourth-order valence-electron chi connectivity index (χ4n) is 1.71. The number of anilines is 2. The predicted molar refractivity (Wildman–Crippen MR) is 85.9 cm³/mol. The second kappa shape index (κ2) is 6.00. The monoisotopic (exact) mass is 326 g/mol. The third-order valence-electron chi connectivity index (χ3n) is 2.90. The number of nitrogen functional groups attached to an aromatic ring is 1. The summed E-state index contributed by atoms with van der Waals surface area (Å²) in [6.45, 7) is 2.44. The molecule has 3 N–H and O–H groups in total. The second-order valence-corrected chi connectivity index (χ2v) is 7.87. The highest BCUT2D eigenvalue weighted by atomic mass is 32.2. The van der Waals surface area contributed by atoms with Gasteiger partial charge in [-0.3, -0.25) is 0 Å². The van der Waals surface area contributed by atoms with Gasteiger partial charge in [0.2, 0.25) is 10.0 Å². The summed E-state index contributed by atoms with van der Waals surface area (Å²) in [5.74, 6) is 0. The van der Waals surface area contributed by atoms with Crippen molar-refractivity contribution >= 4 is 32.7 Å². The lowest BCUT2D eigenvalue weighted by Crippen LogP contribution is -2.22. The number of thiazole rings is 1. The van der Waals surface area contributed by atoms with Gasteiger partial charge >= 0.3 is 0 Å². The first-order valence-electron chi connectivity index (χ1n) is 6.27. The van der Waals surface area contributed by atoms with Gasteiger partial charge in [0.25, 0.3) is 0 Å². The zero-order valence-electron chi connectivity index (χ0n) is 12.1. The molecule has 0 atom stereocenters. The van der Waals surface area contributed by atoms with Crippen LogP contribution in [0.5, 0.6) is 0 Å². The van der Waals surface area contributed by atoms with Crippen LogP contribution in [-0.2, 0) is 16.6 Å². The van der Waals surface area contributed by atoms with Gasteiger partial charge in [0.1, 0.15) is 5.01 Å². The Kier molecular flexibility index (Phi) is 4.50. The van der Waals surface area contributed by atoms with Crippen LogP contribution in [-0.4, -0.2) is 31.8 Å². The molecule has 0 saturated carbocycles. The lowest BCUT2D eigenvalue weighted by atomic mass is 10.2. The smallest absolute Gasteiger partial charge is 0.242 e. The van der Waals surface area contributed by atoms with Crippen LogP contribution in [0.2, 0.25) is 0 Å². The maximum atomic E-state index is 12.1. The van der Waals surface area contributed by atoms with E-state index in [2.05, 4.69) is 10.3 Å². The Morgan fingerprint density at radius 1 is 1.38 bits per heavy atom. The quantitative estimate of drug-likeness (QED) is 0.819. The van der Waals surface area contributed by atoms with E-state index in [0.29, 0.717) is 17.9 Å². The lowest BCUT2D eigenvalue weighted by molar-refractivity contribution is 0.521. The summed E-state index contributed by atoms with van der Waals surface area (Å²) in [6.07, 6.45) is 0. The highest BCUT2D eigenvalue weighted by Gasteiger charge is 2.18. The molecule has 0 spiro atoms. The molecule has 0 unspecified atom stereocenters. The van der Waals surface area contributed by atoms with Crippen LogP contribution in [0.4, 0.5) is 11.4 Å². The average Bonchev–Trinajstić information content (AvgIpc) is 2.83. The normalized spacial score (nSPS) is 11.8. The van der Waals surface area contributed by atoms with Crippen molar-refractivity contribution in [2.24, 2.45) is 0 Å². The van der Waals surface area contributed by atoms with Crippen molar-refractivity contribution < 1.29 is 8.42 Å².